The van der Waals surface area contributed by atoms with E-state index in [1.807, 2.05) is 39.5 Å². The van der Waals surface area contributed by atoms with Crippen LogP contribution in [0.4, 0.5) is 10.5 Å². The van der Waals surface area contributed by atoms with Crippen molar-refractivity contribution in [2.24, 2.45) is 0 Å². The fourth-order valence-electron chi connectivity index (χ4n) is 3.36. The largest absolute Gasteiger partial charge is 0.444 e. The summed E-state index contributed by atoms with van der Waals surface area (Å²) in [6.07, 6.45) is 1.03. The van der Waals surface area contributed by atoms with Gasteiger partial charge < -0.3 is 14.5 Å². The minimum Gasteiger partial charge on any atom is -0.444 e. The molecule has 0 unspecified atom stereocenters. The zero-order valence-electron chi connectivity index (χ0n) is 17.0. The zero-order valence-corrected chi connectivity index (χ0v) is 18.5. The second kappa shape index (κ2) is 7.73. The summed E-state index contributed by atoms with van der Waals surface area (Å²) in [6, 6.07) is 0.0191. The van der Waals surface area contributed by atoms with E-state index in [1.165, 1.54) is 4.52 Å². The van der Waals surface area contributed by atoms with Crippen molar-refractivity contribution in [3.63, 3.8) is 0 Å². The number of aromatic nitrogens is 4. The van der Waals surface area contributed by atoms with Crippen LogP contribution in [0.15, 0.2) is 9.53 Å². The summed E-state index contributed by atoms with van der Waals surface area (Å²) in [6.45, 7) is 11.2. The summed E-state index contributed by atoms with van der Waals surface area (Å²) >= 11 is 3.26. The number of H-pyrrole nitrogens is 1. The number of aromatic amines is 1. The fourth-order valence-corrected chi connectivity index (χ4v) is 3.70. The molecule has 154 valence electrons. The number of anilines is 1. The fraction of sp³-hybridized carbons (Fsp3) is 0.667. The molecule has 0 spiro atoms. The van der Waals surface area contributed by atoms with Crippen LogP contribution in [0.3, 0.4) is 0 Å². The van der Waals surface area contributed by atoms with Gasteiger partial charge in [-0.2, -0.15) is 9.50 Å². The standard InChI is InChI=1S/C18H27BrN6O3/c1-6-12-13(14(26)25-16(20-12)21-15(19)22-25)23-8-7-11(2)24(10-9-23)17(27)28-18(3,4)5/h11H,6-10H2,1-5H3,(H,20,21,22)/t11-/m0/s1. The van der Waals surface area contributed by atoms with Crippen molar-refractivity contribution in [1.82, 2.24) is 24.5 Å². The number of aryl methyl sites for hydroxylation is 1. The highest BCUT2D eigenvalue weighted by Crippen LogP contribution is 2.21. The van der Waals surface area contributed by atoms with E-state index in [0.29, 0.717) is 47.9 Å². The molecule has 0 saturated carbocycles. The molecule has 2 aromatic rings. The molecule has 2 aromatic heterocycles. The molecular weight excluding hydrogens is 428 g/mol. The highest BCUT2D eigenvalue weighted by molar-refractivity contribution is 9.10. The molecule has 1 aliphatic rings. The second-order valence-electron chi connectivity index (χ2n) is 8.01. The first-order valence-corrected chi connectivity index (χ1v) is 10.3. The van der Waals surface area contributed by atoms with Crippen LogP contribution in [-0.4, -0.2) is 61.9 Å². The first-order valence-electron chi connectivity index (χ1n) is 9.52. The van der Waals surface area contributed by atoms with Crippen molar-refractivity contribution in [2.75, 3.05) is 24.5 Å². The lowest BCUT2D eigenvalue weighted by Gasteiger charge is -2.30. The Hall–Kier alpha value is -2.10. The topological polar surface area (TPSA) is 95.8 Å². The molecule has 9 nitrogen and oxygen atoms in total. The number of ether oxygens (including phenoxy) is 1. The van der Waals surface area contributed by atoms with E-state index in [1.54, 1.807) is 4.90 Å². The Morgan fingerprint density at radius 2 is 2.00 bits per heavy atom. The molecule has 0 bridgehead atoms. The number of halogens is 1. The van der Waals surface area contributed by atoms with Gasteiger partial charge in [-0.3, -0.25) is 9.89 Å². The maximum Gasteiger partial charge on any atom is 0.410 e. The van der Waals surface area contributed by atoms with Crippen LogP contribution >= 0.6 is 15.9 Å². The Balaban J connectivity index is 1.90. The molecule has 1 aliphatic heterocycles. The minimum atomic E-state index is -0.542. The lowest BCUT2D eigenvalue weighted by Crippen LogP contribution is -2.43. The number of fused-ring (bicyclic) bond motifs is 1. The van der Waals surface area contributed by atoms with E-state index in [0.717, 1.165) is 6.42 Å². The van der Waals surface area contributed by atoms with Gasteiger partial charge in [0.1, 0.15) is 11.3 Å². The van der Waals surface area contributed by atoms with Crippen LogP contribution < -0.4 is 10.5 Å². The van der Waals surface area contributed by atoms with Crippen molar-refractivity contribution < 1.29 is 9.53 Å². The van der Waals surface area contributed by atoms with Crippen molar-refractivity contribution >= 4 is 33.5 Å². The third kappa shape index (κ3) is 4.16. The Bertz CT molecular complexity index is 932. The molecule has 1 atom stereocenters. The van der Waals surface area contributed by atoms with Crippen LogP contribution in [-0.2, 0) is 11.2 Å². The Labute approximate surface area is 172 Å². The lowest BCUT2D eigenvalue weighted by molar-refractivity contribution is 0.0191. The predicted octanol–water partition coefficient (Wildman–Crippen LogP) is 2.58. The van der Waals surface area contributed by atoms with Crippen LogP contribution in [0.2, 0.25) is 0 Å². The summed E-state index contributed by atoms with van der Waals surface area (Å²) in [5, 5.41) is 2.87. The van der Waals surface area contributed by atoms with Crippen LogP contribution in [0.1, 0.15) is 46.7 Å². The smallest absolute Gasteiger partial charge is 0.410 e. The average molecular weight is 455 g/mol. The van der Waals surface area contributed by atoms with E-state index >= 15 is 0 Å². The monoisotopic (exact) mass is 454 g/mol. The van der Waals surface area contributed by atoms with Crippen LogP contribution in [0.25, 0.3) is 5.78 Å². The SMILES string of the molecule is CCc1nc2nc(Br)[nH]n2c(=O)c1N1CC[C@H](C)N(C(=O)OC(C)(C)C)CC1. The van der Waals surface area contributed by atoms with Gasteiger partial charge in [0.05, 0.1) is 5.69 Å². The van der Waals surface area contributed by atoms with E-state index in [2.05, 4.69) is 31.0 Å². The van der Waals surface area contributed by atoms with Crippen molar-refractivity contribution in [3.05, 3.63) is 20.8 Å². The van der Waals surface area contributed by atoms with Crippen molar-refractivity contribution in [1.29, 1.82) is 0 Å². The van der Waals surface area contributed by atoms with Gasteiger partial charge in [-0.25, -0.2) is 9.78 Å². The number of rotatable bonds is 2. The third-order valence-corrected chi connectivity index (χ3v) is 5.11. The number of hydrogen-bond donors (Lipinski definition) is 1. The summed E-state index contributed by atoms with van der Waals surface area (Å²) in [7, 11) is 0. The molecule has 1 fully saturated rings. The van der Waals surface area contributed by atoms with Crippen LogP contribution in [0.5, 0.6) is 0 Å². The molecule has 0 aromatic carbocycles. The van der Waals surface area contributed by atoms with Gasteiger partial charge in [0.15, 0.2) is 4.73 Å². The number of nitrogens with zero attached hydrogens (tertiary/aromatic N) is 5. The van der Waals surface area contributed by atoms with Gasteiger partial charge in [0.25, 0.3) is 11.3 Å². The van der Waals surface area contributed by atoms with Gasteiger partial charge in [-0.15, -0.1) is 0 Å². The molecule has 1 amide bonds. The summed E-state index contributed by atoms with van der Waals surface area (Å²) in [5.74, 6) is 0.344. The highest BCUT2D eigenvalue weighted by Gasteiger charge is 2.30. The molecule has 1 saturated heterocycles. The van der Waals surface area contributed by atoms with E-state index in [-0.39, 0.29) is 17.7 Å². The van der Waals surface area contributed by atoms with E-state index in [4.69, 9.17) is 4.74 Å². The average Bonchev–Trinajstić information content (AvgIpc) is 2.86. The maximum absolute atomic E-state index is 13.1. The molecule has 28 heavy (non-hydrogen) atoms. The summed E-state index contributed by atoms with van der Waals surface area (Å²) in [4.78, 5) is 38.2. The summed E-state index contributed by atoms with van der Waals surface area (Å²) < 4.78 is 7.35. The normalized spacial score (nSPS) is 18.4. The summed E-state index contributed by atoms with van der Waals surface area (Å²) in [5.41, 5.74) is 0.551. The molecule has 0 aliphatic carbocycles. The Kier molecular flexibility index (Phi) is 5.69. The third-order valence-electron chi connectivity index (χ3n) is 4.75. The van der Waals surface area contributed by atoms with E-state index < -0.39 is 5.60 Å². The van der Waals surface area contributed by atoms with Crippen LogP contribution in [0, 0.1) is 0 Å². The first-order chi connectivity index (χ1) is 13.1. The first kappa shape index (κ1) is 20.6. The minimum absolute atomic E-state index is 0.0191. The molecule has 3 heterocycles. The number of hydrogen-bond acceptors (Lipinski definition) is 6. The molecule has 0 radical (unpaired) electrons. The number of carbonyl (C=O) groups is 1. The van der Waals surface area contributed by atoms with Gasteiger partial charge in [0.2, 0.25) is 0 Å². The zero-order chi connectivity index (χ0) is 20.6. The Morgan fingerprint density at radius 1 is 1.29 bits per heavy atom. The molecular formula is C18H27BrN6O3. The van der Waals surface area contributed by atoms with Gasteiger partial charge in [-0.1, -0.05) is 6.92 Å². The van der Waals surface area contributed by atoms with Gasteiger partial charge in [0, 0.05) is 25.7 Å². The lowest BCUT2D eigenvalue weighted by atomic mass is 10.2. The highest BCUT2D eigenvalue weighted by atomic mass is 79.9. The maximum atomic E-state index is 13.1. The van der Waals surface area contributed by atoms with Gasteiger partial charge in [-0.05, 0) is 56.5 Å². The van der Waals surface area contributed by atoms with Crippen molar-refractivity contribution in [2.45, 2.75) is 59.1 Å². The quantitative estimate of drug-likeness (QED) is 0.748. The van der Waals surface area contributed by atoms with E-state index in [9.17, 15) is 9.59 Å². The predicted molar refractivity (Wildman–Crippen MR) is 110 cm³/mol. The molecule has 3 rings (SSSR count). The molecule has 1 N–H and O–H groups in total. The molecule has 10 heteroatoms. The Morgan fingerprint density at radius 3 is 2.64 bits per heavy atom. The van der Waals surface area contributed by atoms with Gasteiger partial charge >= 0.3 is 6.09 Å². The number of amides is 1. The number of carbonyl (C=O) groups excluding carboxylic acids is 1. The second-order valence-corrected chi connectivity index (χ2v) is 8.77. The van der Waals surface area contributed by atoms with Crippen molar-refractivity contribution in [3.8, 4) is 0 Å². The number of nitrogens with one attached hydrogen (secondary N) is 1.